The molecule has 2 heterocycles. The zero-order valence-electron chi connectivity index (χ0n) is 18.2. The van der Waals surface area contributed by atoms with Gasteiger partial charge in [-0.05, 0) is 68.9 Å². The van der Waals surface area contributed by atoms with Gasteiger partial charge in [0.25, 0.3) is 5.91 Å². The quantitative estimate of drug-likeness (QED) is 0.626. The van der Waals surface area contributed by atoms with Crippen molar-refractivity contribution in [1.82, 2.24) is 14.6 Å². The molecule has 0 saturated carbocycles. The van der Waals surface area contributed by atoms with Gasteiger partial charge in [0.1, 0.15) is 0 Å². The molecule has 1 saturated heterocycles. The van der Waals surface area contributed by atoms with Gasteiger partial charge in [0.2, 0.25) is 10.0 Å². The topological polar surface area (TPSA) is 82.3 Å². The van der Waals surface area contributed by atoms with Crippen LogP contribution < -0.4 is 4.72 Å². The molecule has 1 aromatic heterocycles. The van der Waals surface area contributed by atoms with Crippen LogP contribution in [0.25, 0.3) is 10.9 Å². The summed E-state index contributed by atoms with van der Waals surface area (Å²) in [5.41, 5.74) is 3.69. The molecule has 1 fully saturated rings. The molecule has 7 heteroatoms. The predicted molar refractivity (Wildman–Crippen MR) is 123 cm³/mol. The number of hydrogen-bond donors (Lipinski definition) is 2. The largest absolute Gasteiger partial charge is 0.361 e. The smallest absolute Gasteiger partial charge is 0.254 e. The average molecular weight is 440 g/mol. The monoisotopic (exact) mass is 439 g/mol. The van der Waals surface area contributed by atoms with Gasteiger partial charge in [-0.25, -0.2) is 13.1 Å². The van der Waals surface area contributed by atoms with Crippen LogP contribution in [0.4, 0.5) is 0 Å². The zero-order chi connectivity index (χ0) is 22.2. The number of amides is 1. The number of piperidine rings is 1. The lowest BCUT2D eigenvalue weighted by atomic mass is 9.89. The standard InChI is InChI=1S/C24H29N3O3S/c1-16(2)26-31(29,30)19-9-8-17(3)21(14-19)24(28)27-12-10-18(11-13-27)22-15-25-23-7-5-4-6-20(22)23/h4-9,14-16,18,25-26H,10-13H2,1-3H3. The molecule has 0 spiro atoms. The van der Waals surface area contributed by atoms with E-state index in [0.717, 1.165) is 23.9 Å². The van der Waals surface area contributed by atoms with Crippen molar-refractivity contribution in [3.8, 4) is 0 Å². The Hall–Kier alpha value is -2.64. The van der Waals surface area contributed by atoms with E-state index in [-0.39, 0.29) is 16.8 Å². The van der Waals surface area contributed by atoms with Gasteiger partial charge in [-0.1, -0.05) is 24.3 Å². The van der Waals surface area contributed by atoms with Crippen molar-refractivity contribution in [3.05, 3.63) is 65.4 Å². The number of aromatic amines is 1. The highest BCUT2D eigenvalue weighted by molar-refractivity contribution is 7.89. The molecule has 2 aromatic carbocycles. The number of nitrogens with one attached hydrogen (secondary N) is 2. The van der Waals surface area contributed by atoms with Crippen molar-refractivity contribution in [1.29, 1.82) is 0 Å². The predicted octanol–water partition coefficient (Wildman–Crippen LogP) is 4.18. The van der Waals surface area contributed by atoms with Crippen LogP contribution in [0.1, 0.15) is 54.1 Å². The molecule has 0 aliphatic carbocycles. The summed E-state index contributed by atoms with van der Waals surface area (Å²) < 4.78 is 27.7. The van der Waals surface area contributed by atoms with Crippen LogP contribution in [0.15, 0.2) is 53.6 Å². The zero-order valence-corrected chi connectivity index (χ0v) is 19.0. The number of H-pyrrole nitrogens is 1. The van der Waals surface area contributed by atoms with Crippen LogP contribution in [0, 0.1) is 6.92 Å². The number of hydrogen-bond acceptors (Lipinski definition) is 3. The van der Waals surface area contributed by atoms with E-state index in [1.807, 2.05) is 17.9 Å². The Morgan fingerprint density at radius 1 is 1.13 bits per heavy atom. The summed E-state index contributed by atoms with van der Waals surface area (Å²) in [6.07, 6.45) is 3.87. The Kier molecular flexibility index (Phi) is 5.90. The second-order valence-corrected chi connectivity index (χ2v) is 10.3. The first-order valence-electron chi connectivity index (χ1n) is 10.7. The van der Waals surface area contributed by atoms with Gasteiger partial charge in [0.05, 0.1) is 4.90 Å². The van der Waals surface area contributed by atoms with Crippen LogP contribution in [-0.4, -0.2) is 43.3 Å². The first kappa shape index (κ1) is 21.6. The maximum absolute atomic E-state index is 13.2. The molecular formula is C24H29N3O3S. The van der Waals surface area contributed by atoms with Crippen molar-refractivity contribution < 1.29 is 13.2 Å². The normalized spacial score (nSPS) is 15.7. The molecule has 0 atom stereocenters. The third-order valence-electron chi connectivity index (χ3n) is 5.98. The molecular weight excluding hydrogens is 410 g/mol. The maximum atomic E-state index is 13.2. The van der Waals surface area contributed by atoms with Crippen molar-refractivity contribution in [2.45, 2.75) is 50.5 Å². The summed E-state index contributed by atoms with van der Waals surface area (Å²) >= 11 is 0. The minimum atomic E-state index is -3.65. The number of sulfonamides is 1. The van der Waals surface area contributed by atoms with Crippen LogP contribution in [0.5, 0.6) is 0 Å². The highest BCUT2D eigenvalue weighted by Gasteiger charge is 2.27. The van der Waals surface area contributed by atoms with Crippen molar-refractivity contribution in [2.24, 2.45) is 0 Å². The van der Waals surface area contributed by atoms with Crippen molar-refractivity contribution in [2.75, 3.05) is 13.1 Å². The van der Waals surface area contributed by atoms with E-state index >= 15 is 0 Å². The SMILES string of the molecule is Cc1ccc(S(=O)(=O)NC(C)C)cc1C(=O)N1CCC(c2c[nH]c3ccccc23)CC1. The molecule has 1 amide bonds. The summed E-state index contributed by atoms with van der Waals surface area (Å²) in [6, 6.07) is 12.9. The van der Waals surface area contributed by atoms with Gasteiger partial charge in [-0.2, -0.15) is 0 Å². The Morgan fingerprint density at radius 3 is 2.55 bits per heavy atom. The summed E-state index contributed by atoms with van der Waals surface area (Å²) in [7, 11) is -3.65. The van der Waals surface area contributed by atoms with E-state index in [9.17, 15) is 13.2 Å². The van der Waals surface area contributed by atoms with Gasteiger partial charge in [0, 0.05) is 41.8 Å². The van der Waals surface area contributed by atoms with Gasteiger partial charge in [0.15, 0.2) is 0 Å². The molecule has 0 bridgehead atoms. The molecule has 4 rings (SSSR count). The van der Waals surface area contributed by atoms with E-state index in [1.54, 1.807) is 26.0 Å². The molecule has 6 nitrogen and oxygen atoms in total. The Morgan fingerprint density at radius 2 is 1.84 bits per heavy atom. The van der Waals surface area contributed by atoms with Crippen molar-refractivity contribution in [3.63, 3.8) is 0 Å². The number of para-hydroxylation sites is 1. The molecule has 3 aromatic rings. The van der Waals surface area contributed by atoms with Crippen LogP contribution in [-0.2, 0) is 10.0 Å². The maximum Gasteiger partial charge on any atom is 0.254 e. The number of nitrogens with zero attached hydrogens (tertiary/aromatic N) is 1. The third kappa shape index (κ3) is 4.38. The van der Waals surface area contributed by atoms with Crippen molar-refractivity contribution >= 4 is 26.8 Å². The molecule has 0 unspecified atom stereocenters. The Bertz CT molecular complexity index is 1210. The number of carbonyl (C=O) groups is 1. The number of carbonyl (C=O) groups excluding carboxylic acids is 1. The van der Waals surface area contributed by atoms with Crippen LogP contribution in [0.2, 0.25) is 0 Å². The highest BCUT2D eigenvalue weighted by atomic mass is 32.2. The second kappa shape index (κ2) is 8.48. The Balaban J connectivity index is 1.50. The lowest BCUT2D eigenvalue weighted by molar-refractivity contribution is 0.0712. The van der Waals surface area contributed by atoms with Gasteiger partial charge in [-0.15, -0.1) is 0 Å². The lowest BCUT2D eigenvalue weighted by Crippen LogP contribution is -2.38. The van der Waals surface area contributed by atoms with E-state index in [1.165, 1.54) is 17.0 Å². The summed E-state index contributed by atoms with van der Waals surface area (Å²) in [6.45, 7) is 6.71. The van der Waals surface area contributed by atoms with E-state index in [0.29, 0.717) is 24.6 Å². The van der Waals surface area contributed by atoms with Crippen LogP contribution in [0.3, 0.4) is 0 Å². The van der Waals surface area contributed by atoms with E-state index in [4.69, 9.17) is 0 Å². The first-order valence-corrected chi connectivity index (χ1v) is 12.2. The molecule has 2 N–H and O–H groups in total. The molecule has 164 valence electrons. The third-order valence-corrected chi connectivity index (χ3v) is 7.64. The number of rotatable bonds is 5. The summed E-state index contributed by atoms with van der Waals surface area (Å²) in [5.74, 6) is 0.305. The fraction of sp³-hybridized carbons (Fsp3) is 0.375. The van der Waals surface area contributed by atoms with E-state index in [2.05, 4.69) is 34.1 Å². The average Bonchev–Trinajstić information content (AvgIpc) is 3.17. The lowest BCUT2D eigenvalue weighted by Gasteiger charge is -2.32. The fourth-order valence-corrected chi connectivity index (χ4v) is 5.65. The summed E-state index contributed by atoms with van der Waals surface area (Å²) in [4.78, 5) is 18.6. The van der Waals surface area contributed by atoms with Gasteiger partial charge in [-0.3, -0.25) is 4.79 Å². The highest BCUT2D eigenvalue weighted by Crippen LogP contribution is 2.33. The number of fused-ring (bicyclic) bond motifs is 1. The summed E-state index contributed by atoms with van der Waals surface area (Å²) in [5, 5.41) is 1.25. The number of likely N-dealkylation sites (tertiary alicyclic amines) is 1. The van der Waals surface area contributed by atoms with Gasteiger partial charge >= 0.3 is 0 Å². The minimum Gasteiger partial charge on any atom is -0.361 e. The molecule has 1 aliphatic rings. The fourth-order valence-electron chi connectivity index (χ4n) is 4.37. The second-order valence-electron chi connectivity index (χ2n) is 8.61. The van der Waals surface area contributed by atoms with Crippen LogP contribution >= 0.6 is 0 Å². The number of aromatic nitrogens is 1. The van der Waals surface area contributed by atoms with E-state index < -0.39 is 10.0 Å². The number of benzene rings is 2. The molecule has 31 heavy (non-hydrogen) atoms. The number of aryl methyl sites for hydroxylation is 1. The van der Waals surface area contributed by atoms with Gasteiger partial charge < -0.3 is 9.88 Å². The molecule has 1 aliphatic heterocycles. The minimum absolute atomic E-state index is 0.100. The first-order chi connectivity index (χ1) is 14.8. The molecule has 0 radical (unpaired) electrons. The Labute approximate surface area is 183 Å².